The predicted molar refractivity (Wildman–Crippen MR) is 80.7 cm³/mol. The van der Waals surface area contributed by atoms with Crippen molar-refractivity contribution < 1.29 is 4.74 Å². The van der Waals surface area contributed by atoms with E-state index in [0.29, 0.717) is 18.8 Å². The molecule has 0 bridgehead atoms. The molecule has 1 unspecified atom stereocenters. The lowest BCUT2D eigenvalue weighted by Gasteiger charge is -2.13. The molecule has 0 aromatic heterocycles. The van der Waals surface area contributed by atoms with Crippen molar-refractivity contribution in [1.29, 1.82) is 0 Å². The van der Waals surface area contributed by atoms with Crippen LogP contribution in [0, 0.1) is 0 Å². The van der Waals surface area contributed by atoms with E-state index in [9.17, 15) is 0 Å². The Hall–Kier alpha value is -0.380. The van der Waals surface area contributed by atoms with E-state index in [-0.39, 0.29) is 0 Å². The zero-order valence-corrected chi connectivity index (χ0v) is 13.4. The third-order valence-corrected chi connectivity index (χ3v) is 3.67. The van der Waals surface area contributed by atoms with E-state index in [4.69, 9.17) is 4.74 Å². The Morgan fingerprint density at radius 3 is 2.56 bits per heavy atom. The molecule has 1 rings (SSSR count). The molecule has 3 heteroatoms. The highest BCUT2D eigenvalue weighted by Gasteiger charge is 2.05. The second-order valence-corrected chi connectivity index (χ2v) is 5.85. The summed E-state index contributed by atoms with van der Waals surface area (Å²) in [6.45, 7) is 10.1. The molecule has 102 valence electrons. The summed E-state index contributed by atoms with van der Waals surface area (Å²) in [5.41, 5.74) is 2.51. The molecule has 1 N–H and O–H groups in total. The number of rotatable bonds is 7. The first-order chi connectivity index (χ1) is 8.52. The Balaban J connectivity index is 2.56. The van der Waals surface area contributed by atoms with Crippen LogP contribution in [0.4, 0.5) is 0 Å². The predicted octanol–water partition coefficient (Wildman–Crippen LogP) is 4.26. The summed E-state index contributed by atoms with van der Waals surface area (Å²) in [6, 6.07) is 6.99. The average Bonchev–Trinajstić information content (AvgIpc) is 2.34. The molecule has 0 aliphatic heterocycles. The van der Waals surface area contributed by atoms with Gasteiger partial charge in [0, 0.05) is 17.1 Å². The highest BCUT2D eigenvalue weighted by molar-refractivity contribution is 9.10. The molecule has 1 atom stereocenters. The van der Waals surface area contributed by atoms with Gasteiger partial charge < -0.3 is 10.1 Å². The highest BCUT2D eigenvalue weighted by Crippen LogP contribution is 2.20. The van der Waals surface area contributed by atoms with Crippen LogP contribution in [0.15, 0.2) is 22.7 Å². The van der Waals surface area contributed by atoms with Gasteiger partial charge in [0.05, 0.1) is 12.7 Å². The van der Waals surface area contributed by atoms with E-state index in [1.54, 1.807) is 0 Å². The van der Waals surface area contributed by atoms with Crippen LogP contribution in [0.2, 0.25) is 0 Å². The first kappa shape index (κ1) is 15.7. The third-order valence-electron chi connectivity index (χ3n) is 2.93. The van der Waals surface area contributed by atoms with Crippen LogP contribution < -0.4 is 5.32 Å². The molecule has 0 fully saturated rings. The van der Waals surface area contributed by atoms with E-state index in [1.165, 1.54) is 11.1 Å². The van der Waals surface area contributed by atoms with Crippen LogP contribution >= 0.6 is 15.9 Å². The van der Waals surface area contributed by atoms with Gasteiger partial charge >= 0.3 is 0 Å². The molecular formula is C15H24BrNO. The van der Waals surface area contributed by atoms with Gasteiger partial charge in [0.15, 0.2) is 0 Å². The van der Waals surface area contributed by atoms with Gasteiger partial charge in [-0.3, -0.25) is 0 Å². The zero-order chi connectivity index (χ0) is 13.5. The monoisotopic (exact) mass is 313 g/mol. The zero-order valence-electron chi connectivity index (χ0n) is 11.8. The summed E-state index contributed by atoms with van der Waals surface area (Å²) in [6.07, 6.45) is 1.37. The largest absolute Gasteiger partial charge is 0.374 e. The van der Waals surface area contributed by atoms with Crippen molar-refractivity contribution in [3.63, 3.8) is 0 Å². The van der Waals surface area contributed by atoms with Crippen molar-refractivity contribution in [2.24, 2.45) is 0 Å². The lowest BCUT2D eigenvalue weighted by molar-refractivity contribution is 0.0505. The normalized spacial score (nSPS) is 13.0. The minimum atomic E-state index is 0.319. The van der Waals surface area contributed by atoms with Crippen molar-refractivity contribution in [2.45, 2.75) is 59.4 Å². The molecule has 1 aromatic rings. The van der Waals surface area contributed by atoms with Gasteiger partial charge in [-0.05, 0) is 30.5 Å². The van der Waals surface area contributed by atoms with Gasteiger partial charge in [0.2, 0.25) is 0 Å². The van der Waals surface area contributed by atoms with Gasteiger partial charge in [-0.2, -0.15) is 0 Å². The van der Waals surface area contributed by atoms with Crippen LogP contribution in [0.5, 0.6) is 0 Å². The number of ether oxygens (including phenoxy) is 1. The lowest BCUT2D eigenvalue weighted by atomic mass is 10.1. The molecule has 0 aliphatic rings. The van der Waals surface area contributed by atoms with E-state index < -0.39 is 0 Å². The van der Waals surface area contributed by atoms with Gasteiger partial charge in [0.25, 0.3) is 0 Å². The summed E-state index contributed by atoms with van der Waals surface area (Å²) in [5, 5.41) is 3.42. The van der Waals surface area contributed by atoms with Crippen molar-refractivity contribution in [3.8, 4) is 0 Å². The molecule has 2 nitrogen and oxygen atoms in total. The van der Waals surface area contributed by atoms with Crippen LogP contribution in [-0.4, -0.2) is 12.1 Å². The first-order valence-electron chi connectivity index (χ1n) is 6.65. The second kappa shape index (κ2) is 7.93. The van der Waals surface area contributed by atoms with Crippen molar-refractivity contribution in [2.75, 3.05) is 0 Å². The minimum Gasteiger partial charge on any atom is -0.374 e. The molecule has 0 spiro atoms. The lowest BCUT2D eigenvalue weighted by Crippen LogP contribution is -2.21. The quantitative estimate of drug-likeness (QED) is 0.812. The maximum absolute atomic E-state index is 5.75. The van der Waals surface area contributed by atoms with Crippen molar-refractivity contribution >= 4 is 15.9 Å². The topological polar surface area (TPSA) is 21.3 Å². The summed E-state index contributed by atoms with van der Waals surface area (Å²) in [4.78, 5) is 0. The first-order valence-corrected chi connectivity index (χ1v) is 7.44. The molecule has 0 amide bonds. The smallest absolute Gasteiger partial charge is 0.0731 e. The summed E-state index contributed by atoms with van der Waals surface area (Å²) >= 11 is 3.62. The Morgan fingerprint density at radius 1 is 1.28 bits per heavy atom. The van der Waals surface area contributed by atoms with Crippen molar-refractivity contribution in [1.82, 2.24) is 5.32 Å². The Bertz CT molecular complexity index is 366. The molecule has 0 radical (unpaired) electrons. The standard InChI is InChI=1S/C15H24BrNO/c1-5-12(4)18-10-14-7-6-13(8-15(14)16)9-17-11(2)3/h6-8,11-12,17H,5,9-10H2,1-4H3. The molecule has 18 heavy (non-hydrogen) atoms. The van der Waals surface area contributed by atoms with Crippen LogP contribution in [-0.2, 0) is 17.9 Å². The molecule has 0 aliphatic carbocycles. The number of nitrogens with one attached hydrogen (secondary N) is 1. The summed E-state index contributed by atoms with van der Waals surface area (Å²) in [5.74, 6) is 0. The second-order valence-electron chi connectivity index (χ2n) is 4.99. The van der Waals surface area contributed by atoms with Crippen LogP contribution in [0.25, 0.3) is 0 Å². The fraction of sp³-hybridized carbons (Fsp3) is 0.600. The number of halogens is 1. The van der Waals surface area contributed by atoms with E-state index >= 15 is 0 Å². The highest BCUT2D eigenvalue weighted by atomic mass is 79.9. The molecule has 0 heterocycles. The summed E-state index contributed by atoms with van der Waals surface area (Å²) < 4.78 is 6.88. The summed E-state index contributed by atoms with van der Waals surface area (Å²) in [7, 11) is 0. The number of hydrogen-bond acceptors (Lipinski definition) is 2. The maximum atomic E-state index is 5.75. The van der Waals surface area contributed by atoms with Gasteiger partial charge in [0.1, 0.15) is 0 Å². The van der Waals surface area contributed by atoms with Crippen LogP contribution in [0.3, 0.4) is 0 Å². The Morgan fingerprint density at radius 2 is 2.00 bits per heavy atom. The third kappa shape index (κ3) is 5.51. The molecular weight excluding hydrogens is 290 g/mol. The minimum absolute atomic E-state index is 0.319. The Labute approximate surface area is 119 Å². The van der Waals surface area contributed by atoms with E-state index in [1.807, 2.05) is 0 Å². The molecule has 0 saturated carbocycles. The fourth-order valence-corrected chi connectivity index (χ4v) is 2.03. The van der Waals surface area contributed by atoms with Crippen molar-refractivity contribution in [3.05, 3.63) is 33.8 Å². The average molecular weight is 314 g/mol. The van der Waals surface area contributed by atoms with E-state index in [2.05, 4.69) is 67.1 Å². The maximum Gasteiger partial charge on any atom is 0.0731 e. The van der Waals surface area contributed by atoms with Gasteiger partial charge in [-0.15, -0.1) is 0 Å². The molecule has 0 saturated heterocycles. The Kier molecular flexibility index (Phi) is 6.90. The van der Waals surface area contributed by atoms with Gasteiger partial charge in [-0.1, -0.05) is 48.8 Å². The van der Waals surface area contributed by atoms with E-state index in [0.717, 1.165) is 17.4 Å². The fourth-order valence-electron chi connectivity index (χ4n) is 1.49. The van der Waals surface area contributed by atoms with Crippen LogP contribution in [0.1, 0.15) is 45.2 Å². The molecule has 1 aromatic carbocycles. The number of benzene rings is 1. The van der Waals surface area contributed by atoms with Gasteiger partial charge in [-0.25, -0.2) is 0 Å². The number of hydrogen-bond donors (Lipinski definition) is 1. The SMILES string of the molecule is CCC(C)OCc1ccc(CNC(C)C)cc1Br.